The molecule has 0 saturated heterocycles. The molecule has 3 N–H and O–H groups in total. The maximum absolute atomic E-state index is 10.8. The molecular formula is C24H38N2O3SY-2. The molecular weight excluding hydrogens is 485 g/mol. The van der Waals surface area contributed by atoms with Crippen LogP contribution in [0.1, 0.15) is 66.5 Å². The van der Waals surface area contributed by atoms with Crippen molar-refractivity contribution in [3.05, 3.63) is 77.0 Å². The van der Waals surface area contributed by atoms with Crippen LogP contribution in [0, 0.1) is 13.0 Å². The van der Waals surface area contributed by atoms with E-state index in [0.29, 0.717) is 11.1 Å². The van der Waals surface area contributed by atoms with Gasteiger partial charge in [0, 0.05) is 32.7 Å². The predicted molar refractivity (Wildman–Crippen MR) is 129 cm³/mol. The largest absolute Gasteiger partial charge is 0.664 e. The van der Waals surface area contributed by atoms with Gasteiger partial charge in [0.2, 0.25) is 0 Å². The Morgan fingerprint density at radius 2 is 1.39 bits per heavy atom. The molecule has 5 nitrogen and oxygen atoms in total. The van der Waals surface area contributed by atoms with Crippen LogP contribution in [0.3, 0.4) is 0 Å². The summed E-state index contributed by atoms with van der Waals surface area (Å²) >= 11 is 0. The molecule has 2 aromatic rings. The number of nitrogens with two attached hydrogens (primary N) is 1. The van der Waals surface area contributed by atoms with E-state index in [9.17, 15) is 13.2 Å². The van der Waals surface area contributed by atoms with Crippen LogP contribution >= 0.6 is 0 Å². The number of hydrogen-bond donors (Lipinski definition) is 1. The van der Waals surface area contributed by atoms with E-state index in [1.165, 1.54) is 6.07 Å². The molecule has 0 saturated carbocycles. The van der Waals surface area contributed by atoms with Gasteiger partial charge in [0.15, 0.2) is 10.0 Å². The number of aryl methyl sites for hydroxylation is 1. The van der Waals surface area contributed by atoms with Crippen molar-refractivity contribution in [2.45, 2.75) is 67.2 Å². The van der Waals surface area contributed by atoms with Gasteiger partial charge in [-0.1, -0.05) is 78.8 Å². The summed E-state index contributed by atoms with van der Waals surface area (Å²) in [6.07, 6.45) is 0. The second-order valence-corrected chi connectivity index (χ2v) is 6.71. The van der Waals surface area contributed by atoms with Crippen LogP contribution in [-0.4, -0.2) is 14.3 Å². The minimum atomic E-state index is -3.56. The summed E-state index contributed by atoms with van der Waals surface area (Å²) in [5, 5.41) is 4.91. The summed E-state index contributed by atoms with van der Waals surface area (Å²) < 4.78 is 21.6. The molecule has 0 unspecified atom stereocenters. The SMILES string of the molecule is C/C(C([NH-])=O)=C(/C)c1ccccc1.CC.CC.CC.Cc1cc[c-]cc1S(N)(=O)=O.[Y]. The monoisotopic (exact) mass is 523 g/mol. The van der Waals surface area contributed by atoms with Crippen molar-refractivity contribution in [1.29, 1.82) is 0 Å². The van der Waals surface area contributed by atoms with E-state index in [1.54, 1.807) is 26.0 Å². The van der Waals surface area contributed by atoms with Crippen molar-refractivity contribution in [2.75, 3.05) is 0 Å². The molecule has 1 amide bonds. The third-order valence-electron chi connectivity index (χ3n) is 3.45. The van der Waals surface area contributed by atoms with Crippen LogP contribution in [0.15, 0.2) is 59.0 Å². The van der Waals surface area contributed by atoms with Gasteiger partial charge in [-0.05, 0) is 35.5 Å². The minimum absolute atomic E-state index is 0. The maximum Gasteiger partial charge on any atom is 0.191 e. The van der Waals surface area contributed by atoms with E-state index in [4.69, 9.17) is 10.9 Å². The van der Waals surface area contributed by atoms with E-state index < -0.39 is 15.9 Å². The molecule has 0 aromatic heterocycles. The fraction of sp³-hybridized carbons (Fsp3) is 0.375. The van der Waals surface area contributed by atoms with Crippen LogP contribution in [0.2, 0.25) is 0 Å². The second kappa shape index (κ2) is 21.9. The molecule has 2 aromatic carbocycles. The number of primary sulfonamides is 1. The molecule has 0 bridgehead atoms. The Labute approximate surface area is 215 Å². The molecule has 0 aliphatic carbocycles. The summed E-state index contributed by atoms with van der Waals surface area (Å²) in [5.41, 5.74) is 9.99. The van der Waals surface area contributed by atoms with E-state index in [2.05, 4.69) is 6.07 Å². The zero-order chi connectivity index (χ0) is 24.3. The molecule has 2 rings (SSSR count). The number of rotatable bonds is 3. The van der Waals surface area contributed by atoms with Gasteiger partial charge < -0.3 is 10.5 Å². The van der Waals surface area contributed by atoms with Crippen LogP contribution in [-0.2, 0) is 47.5 Å². The second-order valence-electron chi connectivity index (χ2n) is 5.18. The summed E-state index contributed by atoms with van der Waals surface area (Å²) in [5.74, 6) is -0.610. The van der Waals surface area contributed by atoms with E-state index in [0.717, 1.165) is 11.1 Å². The third-order valence-corrected chi connectivity index (χ3v) is 4.50. The number of hydrogen-bond acceptors (Lipinski definition) is 3. The molecule has 0 spiro atoms. The summed E-state index contributed by atoms with van der Waals surface area (Å²) in [6.45, 7) is 17.2. The van der Waals surface area contributed by atoms with Crippen LogP contribution in [0.25, 0.3) is 11.3 Å². The number of benzene rings is 2. The van der Waals surface area contributed by atoms with Crippen molar-refractivity contribution in [2.24, 2.45) is 5.14 Å². The Balaban J connectivity index is -0.000000186. The number of amides is 1. The molecule has 0 atom stereocenters. The van der Waals surface area contributed by atoms with E-state index in [1.807, 2.05) is 78.8 Å². The van der Waals surface area contributed by atoms with Gasteiger partial charge in [0.1, 0.15) is 0 Å². The quantitative estimate of drug-likeness (QED) is 0.363. The molecule has 0 aliphatic rings. The summed E-state index contributed by atoms with van der Waals surface area (Å²) in [4.78, 5) is 10.9. The number of sulfonamides is 1. The molecule has 173 valence electrons. The summed E-state index contributed by atoms with van der Waals surface area (Å²) in [6, 6.07) is 16.9. The Bertz CT molecular complexity index is 850. The number of allylic oxidation sites excluding steroid dienone is 1. The Morgan fingerprint density at radius 1 is 0.935 bits per heavy atom. The molecule has 0 heterocycles. The van der Waals surface area contributed by atoms with E-state index in [-0.39, 0.29) is 37.6 Å². The average molecular weight is 524 g/mol. The smallest absolute Gasteiger partial charge is 0.191 e. The van der Waals surface area contributed by atoms with Gasteiger partial charge in [-0.15, -0.1) is 5.56 Å². The van der Waals surface area contributed by atoms with Crippen molar-refractivity contribution in [3.63, 3.8) is 0 Å². The van der Waals surface area contributed by atoms with Gasteiger partial charge in [0.05, 0.1) is 5.91 Å². The van der Waals surface area contributed by atoms with Gasteiger partial charge in [-0.2, -0.15) is 24.3 Å². The zero-order valence-electron chi connectivity index (χ0n) is 20.4. The predicted octanol–water partition coefficient (Wildman–Crippen LogP) is 6.58. The fourth-order valence-electron chi connectivity index (χ4n) is 1.87. The molecule has 0 aliphatic heterocycles. The van der Waals surface area contributed by atoms with Crippen molar-refractivity contribution >= 4 is 21.5 Å². The first kappa shape index (κ1) is 37.0. The van der Waals surface area contributed by atoms with Crippen molar-refractivity contribution < 1.29 is 45.9 Å². The first-order valence-electron chi connectivity index (χ1n) is 10.1. The van der Waals surface area contributed by atoms with Crippen LogP contribution in [0.4, 0.5) is 0 Å². The summed E-state index contributed by atoms with van der Waals surface area (Å²) in [7, 11) is -3.56. The van der Waals surface area contributed by atoms with Crippen molar-refractivity contribution in [1.82, 2.24) is 0 Å². The first-order valence-corrected chi connectivity index (χ1v) is 11.7. The maximum atomic E-state index is 10.8. The van der Waals surface area contributed by atoms with Gasteiger partial charge in [0.25, 0.3) is 0 Å². The Morgan fingerprint density at radius 3 is 1.71 bits per heavy atom. The van der Waals surface area contributed by atoms with Gasteiger partial charge >= 0.3 is 0 Å². The fourth-order valence-corrected chi connectivity index (χ4v) is 2.62. The van der Waals surface area contributed by atoms with Crippen LogP contribution < -0.4 is 5.14 Å². The molecule has 1 radical (unpaired) electrons. The Kier molecular flexibility index (Phi) is 26.1. The van der Waals surface area contributed by atoms with Gasteiger partial charge in [-0.3, -0.25) is 0 Å². The van der Waals surface area contributed by atoms with Crippen molar-refractivity contribution in [3.8, 4) is 0 Å². The topological polar surface area (TPSA) is 101 Å². The average Bonchev–Trinajstić information content (AvgIpc) is 2.77. The standard InChI is InChI=1S/C11H13NO.C7H8NO2S.3C2H6.Y/c1-8(9(2)11(12)13)10-6-4-3-5-7-10;1-6-4-2-3-5-7(6)11(8,9)10;3*1-2;/h3-7H,1-2H3,(H2,12,13);2,4-5H,1H3,(H2,8,9,10);3*1-2H3;/q;-1;;;;/p-1/b9-8+;;;;;. The molecule has 31 heavy (non-hydrogen) atoms. The third kappa shape index (κ3) is 16.0. The molecule has 0 fully saturated rings. The number of carbonyl (C=O) groups is 1. The van der Waals surface area contributed by atoms with E-state index >= 15 is 0 Å². The normalized spacial score (nSPS) is 9.74. The first-order chi connectivity index (χ1) is 14.1. The Hall–Kier alpha value is -1.34. The van der Waals surface area contributed by atoms with Gasteiger partial charge in [-0.25, -0.2) is 13.6 Å². The minimum Gasteiger partial charge on any atom is -0.664 e. The molecule has 7 heteroatoms. The zero-order valence-corrected chi connectivity index (χ0v) is 24.1. The number of nitrogens with one attached hydrogen (secondary N) is 1. The van der Waals surface area contributed by atoms with Crippen LogP contribution in [0.5, 0.6) is 0 Å². The number of carbonyl (C=O) groups excluding carboxylic acids is 1.